The van der Waals surface area contributed by atoms with E-state index in [2.05, 4.69) is 19.2 Å². The van der Waals surface area contributed by atoms with Gasteiger partial charge in [0.15, 0.2) is 0 Å². The van der Waals surface area contributed by atoms with E-state index in [1.165, 1.54) is 23.6 Å². The van der Waals surface area contributed by atoms with Gasteiger partial charge in [-0.05, 0) is 36.1 Å². The van der Waals surface area contributed by atoms with E-state index in [0.717, 1.165) is 6.42 Å². The third-order valence-electron chi connectivity index (χ3n) is 4.22. The molecular formula is C19H28N2O5S. The van der Waals surface area contributed by atoms with Crippen LogP contribution in [0, 0.1) is 5.92 Å². The van der Waals surface area contributed by atoms with Crippen molar-refractivity contribution >= 4 is 22.0 Å². The summed E-state index contributed by atoms with van der Waals surface area (Å²) in [7, 11) is -2.26. The predicted molar refractivity (Wildman–Crippen MR) is 104 cm³/mol. The van der Waals surface area contributed by atoms with Crippen LogP contribution >= 0.6 is 0 Å². The molecule has 0 radical (unpaired) electrons. The number of methoxy groups -OCH3 is 1. The van der Waals surface area contributed by atoms with Crippen LogP contribution in [0.5, 0.6) is 5.75 Å². The van der Waals surface area contributed by atoms with Gasteiger partial charge in [-0.3, -0.25) is 4.79 Å². The van der Waals surface area contributed by atoms with Gasteiger partial charge < -0.3 is 14.8 Å². The maximum Gasteiger partial charge on any atom is 0.246 e. The molecule has 1 aromatic carbocycles. The number of amides is 1. The average molecular weight is 397 g/mol. The van der Waals surface area contributed by atoms with Gasteiger partial charge in [-0.15, -0.1) is 0 Å². The molecule has 1 aliphatic heterocycles. The van der Waals surface area contributed by atoms with E-state index >= 15 is 0 Å². The number of nitrogens with one attached hydrogen (secondary N) is 1. The molecule has 0 atom stereocenters. The summed E-state index contributed by atoms with van der Waals surface area (Å²) in [4.78, 5) is 12.0. The first-order valence-corrected chi connectivity index (χ1v) is 10.5. The maximum atomic E-state index is 12.9. The fraction of sp³-hybridized carbons (Fsp3) is 0.526. The number of carbonyl (C=O) groups excluding carboxylic acids is 1. The zero-order valence-electron chi connectivity index (χ0n) is 16.1. The summed E-state index contributed by atoms with van der Waals surface area (Å²) in [6.45, 7) is 6.16. The van der Waals surface area contributed by atoms with Crippen molar-refractivity contribution in [1.29, 1.82) is 0 Å². The Hall–Kier alpha value is -1.90. The van der Waals surface area contributed by atoms with E-state index in [4.69, 9.17) is 9.47 Å². The molecule has 1 fully saturated rings. The summed E-state index contributed by atoms with van der Waals surface area (Å²) in [6.07, 6.45) is 3.92. The van der Waals surface area contributed by atoms with Gasteiger partial charge in [-0.2, -0.15) is 4.31 Å². The SMILES string of the molecule is COc1ccc(/C=C/C(=O)NCCC(C)C)cc1S(=O)(=O)N1CCOCC1. The highest BCUT2D eigenvalue weighted by Crippen LogP contribution is 2.28. The second kappa shape index (κ2) is 9.87. The third-order valence-corrected chi connectivity index (χ3v) is 6.14. The van der Waals surface area contributed by atoms with Crippen LogP contribution < -0.4 is 10.1 Å². The van der Waals surface area contributed by atoms with Crippen molar-refractivity contribution < 1.29 is 22.7 Å². The first-order chi connectivity index (χ1) is 12.8. The second-order valence-electron chi connectivity index (χ2n) is 6.73. The van der Waals surface area contributed by atoms with Crippen LogP contribution in [-0.4, -0.2) is 58.6 Å². The van der Waals surface area contributed by atoms with Crippen molar-refractivity contribution in [2.75, 3.05) is 40.0 Å². The second-order valence-corrected chi connectivity index (χ2v) is 8.64. The predicted octanol–water partition coefficient (Wildman–Crippen LogP) is 1.89. The molecule has 0 aliphatic carbocycles. The molecule has 150 valence electrons. The summed E-state index contributed by atoms with van der Waals surface area (Å²) in [5.74, 6) is 0.591. The Kier molecular flexibility index (Phi) is 7.82. The van der Waals surface area contributed by atoms with Crippen LogP contribution in [0.1, 0.15) is 25.8 Å². The van der Waals surface area contributed by atoms with Crippen LogP contribution in [0.15, 0.2) is 29.2 Å². The standard InChI is InChI=1S/C19H28N2O5S/c1-15(2)8-9-20-19(22)7-5-16-4-6-17(25-3)18(14-16)27(23,24)21-10-12-26-13-11-21/h4-7,14-15H,8-13H2,1-3H3,(H,20,22)/b7-5+. The molecule has 2 rings (SSSR count). The number of rotatable bonds is 8. The van der Waals surface area contributed by atoms with Crippen LogP contribution in [0.4, 0.5) is 0 Å². The highest BCUT2D eigenvalue weighted by atomic mass is 32.2. The van der Waals surface area contributed by atoms with E-state index in [1.54, 1.807) is 18.2 Å². The van der Waals surface area contributed by atoms with E-state index in [0.29, 0.717) is 44.3 Å². The van der Waals surface area contributed by atoms with E-state index < -0.39 is 10.0 Å². The van der Waals surface area contributed by atoms with Crippen molar-refractivity contribution in [2.45, 2.75) is 25.2 Å². The summed E-state index contributed by atoms with van der Waals surface area (Å²) in [6, 6.07) is 4.85. The Labute approximate surface area is 161 Å². The quantitative estimate of drug-likeness (QED) is 0.679. The molecule has 0 aromatic heterocycles. The average Bonchev–Trinajstić information content (AvgIpc) is 2.66. The Balaban J connectivity index is 2.17. The summed E-state index contributed by atoms with van der Waals surface area (Å²) < 4.78 is 37.8. The lowest BCUT2D eigenvalue weighted by Gasteiger charge is -2.26. The summed E-state index contributed by atoms with van der Waals surface area (Å²) in [5, 5.41) is 2.81. The number of hydrogen-bond acceptors (Lipinski definition) is 5. The fourth-order valence-corrected chi connectivity index (χ4v) is 4.24. The van der Waals surface area contributed by atoms with E-state index in [-0.39, 0.29) is 16.6 Å². The van der Waals surface area contributed by atoms with E-state index in [9.17, 15) is 13.2 Å². The Bertz CT molecular complexity index is 768. The van der Waals surface area contributed by atoms with Gasteiger partial charge in [-0.25, -0.2) is 8.42 Å². The monoisotopic (exact) mass is 396 g/mol. The van der Waals surface area contributed by atoms with Gasteiger partial charge in [0.25, 0.3) is 0 Å². The lowest BCUT2D eigenvalue weighted by molar-refractivity contribution is -0.116. The minimum atomic E-state index is -3.70. The van der Waals surface area contributed by atoms with Gasteiger partial charge in [-0.1, -0.05) is 19.9 Å². The summed E-state index contributed by atoms with van der Waals surface area (Å²) in [5.41, 5.74) is 0.613. The number of nitrogens with zero attached hydrogens (tertiary/aromatic N) is 1. The van der Waals surface area contributed by atoms with Crippen molar-refractivity contribution in [3.8, 4) is 5.75 Å². The van der Waals surface area contributed by atoms with Crippen LogP contribution in [-0.2, 0) is 19.6 Å². The molecule has 0 saturated carbocycles. The zero-order valence-corrected chi connectivity index (χ0v) is 16.9. The summed E-state index contributed by atoms with van der Waals surface area (Å²) >= 11 is 0. The topological polar surface area (TPSA) is 84.9 Å². The molecule has 1 amide bonds. The minimum Gasteiger partial charge on any atom is -0.495 e. The number of carbonyl (C=O) groups is 1. The smallest absolute Gasteiger partial charge is 0.246 e. The normalized spacial score (nSPS) is 16.0. The molecule has 7 nitrogen and oxygen atoms in total. The molecule has 0 unspecified atom stereocenters. The fourth-order valence-electron chi connectivity index (χ4n) is 2.64. The molecule has 1 aromatic rings. The van der Waals surface area contributed by atoms with E-state index in [1.807, 2.05) is 0 Å². The molecule has 27 heavy (non-hydrogen) atoms. The molecule has 1 aliphatic rings. The molecule has 1 N–H and O–H groups in total. The minimum absolute atomic E-state index is 0.0919. The lowest BCUT2D eigenvalue weighted by atomic mass is 10.1. The Morgan fingerprint density at radius 2 is 2.04 bits per heavy atom. The van der Waals surface area contributed by atoms with Crippen LogP contribution in [0.3, 0.4) is 0 Å². The van der Waals surface area contributed by atoms with Gasteiger partial charge in [0.2, 0.25) is 15.9 Å². The lowest BCUT2D eigenvalue weighted by Crippen LogP contribution is -2.40. The van der Waals surface area contributed by atoms with Crippen molar-refractivity contribution in [2.24, 2.45) is 5.92 Å². The molecule has 1 heterocycles. The highest BCUT2D eigenvalue weighted by Gasteiger charge is 2.29. The number of ether oxygens (including phenoxy) is 2. The third kappa shape index (κ3) is 6.05. The molecule has 1 saturated heterocycles. The zero-order chi connectivity index (χ0) is 19.9. The number of hydrogen-bond donors (Lipinski definition) is 1. The molecule has 8 heteroatoms. The largest absolute Gasteiger partial charge is 0.495 e. The molecule has 0 bridgehead atoms. The first kappa shape index (κ1) is 21.4. The van der Waals surface area contributed by atoms with Crippen molar-refractivity contribution in [3.63, 3.8) is 0 Å². The Morgan fingerprint density at radius 3 is 2.67 bits per heavy atom. The number of benzene rings is 1. The maximum absolute atomic E-state index is 12.9. The number of sulfonamides is 1. The van der Waals surface area contributed by atoms with Crippen LogP contribution in [0.25, 0.3) is 6.08 Å². The first-order valence-electron chi connectivity index (χ1n) is 9.06. The van der Waals surface area contributed by atoms with Gasteiger partial charge in [0.1, 0.15) is 10.6 Å². The van der Waals surface area contributed by atoms with Gasteiger partial charge >= 0.3 is 0 Å². The highest BCUT2D eigenvalue weighted by molar-refractivity contribution is 7.89. The van der Waals surface area contributed by atoms with Crippen LogP contribution in [0.2, 0.25) is 0 Å². The van der Waals surface area contributed by atoms with Gasteiger partial charge in [0, 0.05) is 25.7 Å². The Morgan fingerprint density at radius 1 is 1.33 bits per heavy atom. The van der Waals surface area contributed by atoms with Crippen molar-refractivity contribution in [3.05, 3.63) is 29.8 Å². The van der Waals surface area contributed by atoms with Crippen molar-refractivity contribution in [1.82, 2.24) is 9.62 Å². The molecule has 0 spiro atoms. The number of morpholine rings is 1. The van der Waals surface area contributed by atoms with Gasteiger partial charge in [0.05, 0.1) is 20.3 Å². The molecular weight excluding hydrogens is 368 g/mol.